The van der Waals surface area contributed by atoms with E-state index in [0.29, 0.717) is 18.0 Å². The topological polar surface area (TPSA) is 101 Å². The van der Waals surface area contributed by atoms with Crippen LogP contribution >= 0.6 is 11.6 Å². The minimum Gasteiger partial charge on any atom is -0.356 e. The number of hydrogen-bond donors (Lipinski definition) is 1. The molecule has 4 rings (SSSR count). The lowest BCUT2D eigenvalue weighted by molar-refractivity contribution is -0.383. The van der Waals surface area contributed by atoms with Crippen LogP contribution in [0.5, 0.6) is 0 Å². The first-order valence-corrected chi connectivity index (χ1v) is 10.3. The summed E-state index contributed by atoms with van der Waals surface area (Å²) in [6, 6.07) is 15.8. The molecular weight excluding hydrogens is 418 g/mol. The molecule has 0 saturated carbocycles. The minimum absolute atomic E-state index is 0.105. The standard InChI is InChI=1S/C22H20ClN5O3/c23-17-8-9-20(28(30)31)19(11-17)26-22(29)16-7-4-10-27(13-16)21-12-18(24-14-25-21)15-5-2-1-3-6-15/h1-3,5-6,8-9,11-12,14,16H,4,7,10,13H2,(H,26,29). The van der Waals surface area contributed by atoms with Crippen molar-refractivity contribution < 1.29 is 9.72 Å². The Hall–Kier alpha value is -3.52. The second kappa shape index (κ2) is 9.09. The summed E-state index contributed by atoms with van der Waals surface area (Å²) in [6.07, 6.45) is 3.02. The number of aromatic nitrogens is 2. The molecule has 1 saturated heterocycles. The fourth-order valence-corrected chi connectivity index (χ4v) is 3.86. The summed E-state index contributed by atoms with van der Waals surface area (Å²) < 4.78 is 0. The zero-order chi connectivity index (χ0) is 21.8. The van der Waals surface area contributed by atoms with Crippen LogP contribution in [0.25, 0.3) is 11.3 Å². The number of nitro groups is 1. The highest BCUT2D eigenvalue weighted by Gasteiger charge is 2.28. The van der Waals surface area contributed by atoms with E-state index in [2.05, 4.69) is 15.3 Å². The Kier molecular flexibility index (Phi) is 6.08. The largest absolute Gasteiger partial charge is 0.356 e. The summed E-state index contributed by atoms with van der Waals surface area (Å²) in [5, 5.41) is 14.3. The maximum absolute atomic E-state index is 12.9. The molecule has 1 N–H and O–H groups in total. The van der Waals surface area contributed by atoms with Crippen molar-refractivity contribution in [3.63, 3.8) is 0 Å². The average Bonchev–Trinajstić information content (AvgIpc) is 2.80. The number of rotatable bonds is 5. The normalized spacial score (nSPS) is 16.0. The van der Waals surface area contributed by atoms with Gasteiger partial charge in [-0.3, -0.25) is 14.9 Å². The van der Waals surface area contributed by atoms with Crippen molar-refractivity contribution in [3.8, 4) is 11.3 Å². The van der Waals surface area contributed by atoms with E-state index < -0.39 is 4.92 Å². The van der Waals surface area contributed by atoms with Crippen molar-refractivity contribution >= 4 is 34.7 Å². The smallest absolute Gasteiger partial charge is 0.292 e. The number of carbonyl (C=O) groups is 1. The van der Waals surface area contributed by atoms with Crippen molar-refractivity contribution in [2.45, 2.75) is 12.8 Å². The Balaban J connectivity index is 1.50. The molecule has 3 aromatic rings. The monoisotopic (exact) mass is 437 g/mol. The van der Waals surface area contributed by atoms with Gasteiger partial charge >= 0.3 is 0 Å². The van der Waals surface area contributed by atoms with E-state index in [1.807, 2.05) is 41.3 Å². The number of carbonyl (C=O) groups excluding carboxylic acids is 1. The molecule has 2 aromatic carbocycles. The number of nitrogens with one attached hydrogen (secondary N) is 1. The summed E-state index contributed by atoms with van der Waals surface area (Å²) in [7, 11) is 0. The Morgan fingerprint density at radius 2 is 1.97 bits per heavy atom. The second-order valence-electron chi connectivity index (χ2n) is 7.32. The predicted molar refractivity (Wildman–Crippen MR) is 119 cm³/mol. The Bertz CT molecular complexity index is 1110. The van der Waals surface area contributed by atoms with E-state index in [9.17, 15) is 14.9 Å². The zero-order valence-corrected chi connectivity index (χ0v) is 17.3. The molecule has 1 amide bonds. The molecule has 0 aliphatic carbocycles. The molecule has 9 heteroatoms. The number of halogens is 1. The molecule has 1 fully saturated rings. The first kappa shape index (κ1) is 20.7. The number of benzene rings is 2. The van der Waals surface area contributed by atoms with E-state index in [1.54, 1.807) is 0 Å². The fourth-order valence-electron chi connectivity index (χ4n) is 3.69. The summed E-state index contributed by atoms with van der Waals surface area (Å²) in [5.41, 5.74) is 1.72. The van der Waals surface area contributed by atoms with Gasteiger partial charge in [0, 0.05) is 35.8 Å². The van der Waals surface area contributed by atoms with Crippen LogP contribution in [0, 0.1) is 16.0 Å². The highest BCUT2D eigenvalue weighted by Crippen LogP contribution is 2.30. The van der Waals surface area contributed by atoms with Gasteiger partial charge in [0.25, 0.3) is 5.69 Å². The molecular formula is C22H20ClN5O3. The minimum atomic E-state index is -0.537. The lowest BCUT2D eigenvalue weighted by Crippen LogP contribution is -2.41. The fraction of sp³-hybridized carbons (Fsp3) is 0.227. The average molecular weight is 438 g/mol. The summed E-state index contributed by atoms with van der Waals surface area (Å²) in [6.45, 7) is 1.23. The molecule has 1 aliphatic heterocycles. The SMILES string of the molecule is O=C(Nc1cc(Cl)ccc1[N+](=O)[O-])C1CCCN(c2cc(-c3ccccc3)ncn2)C1. The van der Waals surface area contributed by atoms with Crippen molar-refractivity contribution in [2.75, 3.05) is 23.3 Å². The quantitative estimate of drug-likeness (QED) is 0.463. The molecule has 1 unspecified atom stereocenters. The second-order valence-corrected chi connectivity index (χ2v) is 7.76. The molecule has 0 radical (unpaired) electrons. The van der Waals surface area contributed by atoms with Crippen LogP contribution in [0.4, 0.5) is 17.2 Å². The van der Waals surface area contributed by atoms with Crippen LogP contribution in [0.2, 0.25) is 5.02 Å². The molecule has 0 spiro atoms. The van der Waals surface area contributed by atoms with Gasteiger partial charge in [0.05, 0.1) is 16.5 Å². The maximum atomic E-state index is 12.9. The van der Waals surface area contributed by atoms with Crippen LogP contribution in [-0.2, 0) is 4.79 Å². The maximum Gasteiger partial charge on any atom is 0.292 e. The highest BCUT2D eigenvalue weighted by molar-refractivity contribution is 6.31. The number of nitrogens with zero attached hydrogens (tertiary/aromatic N) is 4. The predicted octanol–water partition coefficient (Wildman–Crippen LogP) is 4.56. The van der Waals surface area contributed by atoms with Crippen molar-refractivity contribution in [3.05, 3.63) is 76.1 Å². The van der Waals surface area contributed by atoms with Gasteiger partial charge in [0.2, 0.25) is 5.91 Å². The van der Waals surface area contributed by atoms with Crippen LogP contribution in [-0.4, -0.2) is 33.9 Å². The number of piperidine rings is 1. The van der Waals surface area contributed by atoms with Gasteiger partial charge in [0.15, 0.2) is 0 Å². The third kappa shape index (κ3) is 4.80. The molecule has 31 heavy (non-hydrogen) atoms. The lowest BCUT2D eigenvalue weighted by atomic mass is 9.97. The molecule has 1 aromatic heterocycles. The Morgan fingerprint density at radius 1 is 1.16 bits per heavy atom. The lowest BCUT2D eigenvalue weighted by Gasteiger charge is -2.32. The number of hydrogen-bond acceptors (Lipinski definition) is 6. The molecule has 8 nitrogen and oxygen atoms in total. The van der Waals surface area contributed by atoms with Gasteiger partial charge in [-0.1, -0.05) is 41.9 Å². The number of anilines is 2. The van der Waals surface area contributed by atoms with Crippen LogP contribution in [0.1, 0.15) is 12.8 Å². The molecule has 1 atom stereocenters. The van der Waals surface area contributed by atoms with Crippen LogP contribution in [0.15, 0.2) is 60.9 Å². The third-order valence-corrected chi connectivity index (χ3v) is 5.49. The highest BCUT2D eigenvalue weighted by atomic mass is 35.5. The van der Waals surface area contributed by atoms with Gasteiger partial charge < -0.3 is 10.2 Å². The molecule has 2 heterocycles. The molecule has 158 valence electrons. The number of amides is 1. The third-order valence-electron chi connectivity index (χ3n) is 5.25. The van der Waals surface area contributed by atoms with Gasteiger partial charge in [0.1, 0.15) is 17.8 Å². The summed E-state index contributed by atoms with van der Waals surface area (Å²) in [4.78, 5) is 34.4. The van der Waals surface area contributed by atoms with E-state index in [4.69, 9.17) is 11.6 Å². The van der Waals surface area contributed by atoms with E-state index in [1.165, 1.54) is 24.5 Å². The first-order valence-electron chi connectivity index (χ1n) is 9.88. The van der Waals surface area contributed by atoms with Crippen molar-refractivity contribution in [1.82, 2.24) is 9.97 Å². The molecule has 1 aliphatic rings. The van der Waals surface area contributed by atoms with Gasteiger partial charge in [-0.2, -0.15) is 0 Å². The van der Waals surface area contributed by atoms with Crippen molar-refractivity contribution in [2.24, 2.45) is 5.92 Å². The summed E-state index contributed by atoms with van der Waals surface area (Å²) in [5.74, 6) is 0.148. The number of nitro benzene ring substituents is 1. The van der Waals surface area contributed by atoms with Gasteiger partial charge in [-0.15, -0.1) is 0 Å². The van der Waals surface area contributed by atoms with E-state index in [0.717, 1.165) is 30.0 Å². The van der Waals surface area contributed by atoms with Gasteiger partial charge in [-0.25, -0.2) is 9.97 Å². The first-order chi connectivity index (χ1) is 15.0. The summed E-state index contributed by atoms with van der Waals surface area (Å²) >= 11 is 5.96. The van der Waals surface area contributed by atoms with Crippen LogP contribution in [0.3, 0.4) is 0 Å². The Labute approximate surface area is 184 Å². The molecule has 0 bridgehead atoms. The van der Waals surface area contributed by atoms with Crippen LogP contribution < -0.4 is 10.2 Å². The van der Waals surface area contributed by atoms with E-state index >= 15 is 0 Å². The van der Waals surface area contributed by atoms with Gasteiger partial charge in [-0.05, 0) is 25.0 Å². The van der Waals surface area contributed by atoms with E-state index in [-0.39, 0.29) is 23.2 Å². The Morgan fingerprint density at radius 3 is 2.74 bits per heavy atom. The van der Waals surface area contributed by atoms with Crippen molar-refractivity contribution in [1.29, 1.82) is 0 Å². The zero-order valence-electron chi connectivity index (χ0n) is 16.6.